The number of piperidine rings is 1. The third kappa shape index (κ3) is 2.34. The number of likely N-dealkylation sites (tertiary alicyclic amines) is 1. The number of rotatable bonds is 4. The number of nitrogens with zero attached hydrogens (tertiary/aromatic N) is 2. The molecule has 35 heavy (non-hydrogen) atoms. The molecule has 7 heteroatoms. The van der Waals surface area contributed by atoms with Gasteiger partial charge in [-0.15, -0.1) is 0 Å². The molecule has 2 fully saturated rings. The largest absolute Gasteiger partial charge is 0.493 e. The molecule has 4 bridgehead atoms. The number of methoxy groups -OCH3 is 2. The summed E-state index contributed by atoms with van der Waals surface area (Å²) >= 11 is 0. The molecule has 6 aliphatic rings. The Morgan fingerprint density at radius 3 is 2.74 bits per heavy atom. The van der Waals surface area contributed by atoms with Crippen LogP contribution in [0.25, 0.3) is 6.08 Å². The maximum absolute atomic E-state index is 13.9. The lowest BCUT2D eigenvalue weighted by Crippen LogP contribution is -2.87. The number of hydrogen-bond donors (Lipinski definition) is 0. The molecule has 2 aliphatic carbocycles. The second kappa shape index (κ2) is 6.97. The highest BCUT2D eigenvalue weighted by Crippen LogP contribution is 2.70. The lowest BCUT2D eigenvalue weighted by Gasteiger charge is -2.70. The predicted molar refractivity (Wildman–Crippen MR) is 129 cm³/mol. The molecule has 5 atom stereocenters. The Balaban J connectivity index is 1.45. The summed E-state index contributed by atoms with van der Waals surface area (Å²) in [6, 6.07) is 14.0. The van der Waals surface area contributed by atoms with Gasteiger partial charge in [-0.05, 0) is 55.8 Å². The van der Waals surface area contributed by atoms with Gasteiger partial charge in [0.05, 0.1) is 12.5 Å². The molecule has 0 unspecified atom stereocenters. The molecular weight excluding hydrogens is 444 g/mol. The van der Waals surface area contributed by atoms with Crippen LogP contribution in [0.1, 0.15) is 23.1 Å². The summed E-state index contributed by atoms with van der Waals surface area (Å²) in [5.74, 6) is 0.0206. The van der Waals surface area contributed by atoms with Gasteiger partial charge >= 0.3 is 0 Å². The SMILES string of the molecule is COc1ccc2c3c1O[C@H]1[C@@]4(OC)C=C[C@]5([C@@H](C2)N(C)CC[C@]315)N(C(=O)/C=C/c1ccccc1)O4. The number of fused-ring (bicyclic) bond motifs is 1. The quantitative estimate of drug-likeness (QED) is 0.504. The Morgan fingerprint density at radius 1 is 1.14 bits per heavy atom. The Bertz CT molecular complexity index is 1290. The van der Waals surface area contributed by atoms with E-state index in [1.165, 1.54) is 5.56 Å². The first-order valence-electron chi connectivity index (χ1n) is 12.1. The standard InChI is InChI=1S/C28H28N2O5/c1-29-16-15-26-23-19-10-11-20(32-2)24(23)34-25(26)28(33-3)14-13-27(26,21(29)17-19)30(35-28)22(31)12-9-18-7-5-4-6-8-18/h4-14,21,25H,15-17H2,1-3H3/b12-9+/t21-,25-,26+,27-,28-/m1/s1. The van der Waals surface area contributed by atoms with E-state index in [0.29, 0.717) is 5.75 Å². The van der Waals surface area contributed by atoms with Crippen molar-refractivity contribution in [1.29, 1.82) is 0 Å². The van der Waals surface area contributed by atoms with Gasteiger partial charge in [0, 0.05) is 24.8 Å². The van der Waals surface area contributed by atoms with E-state index in [-0.39, 0.29) is 11.9 Å². The van der Waals surface area contributed by atoms with Crippen molar-refractivity contribution in [3.05, 3.63) is 77.4 Å². The Hall–Kier alpha value is -3.13. The number of hydroxylamine groups is 2. The van der Waals surface area contributed by atoms with Gasteiger partial charge in [-0.25, -0.2) is 9.90 Å². The highest BCUT2D eigenvalue weighted by Gasteiger charge is 2.81. The summed E-state index contributed by atoms with van der Waals surface area (Å²) in [5, 5.41) is 1.59. The zero-order chi connectivity index (χ0) is 24.0. The van der Waals surface area contributed by atoms with Crippen molar-refractivity contribution in [3.8, 4) is 11.5 Å². The number of ether oxygens (including phenoxy) is 3. The van der Waals surface area contributed by atoms with Crippen LogP contribution in [0, 0.1) is 0 Å². The second-order valence-electron chi connectivity index (χ2n) is 10.1. The average Bonchev–Trinajstić information content (AvgIpc) is 3.27. The zero-order valence-corrected chi connectivity index (χ0v) is 20.1. The van der Waals surface area contributed by atoms with E-state index >= 15 is 0 Å². The Labute approximate surface area is 204 Å². The number of amides is 1. The normalized spacial score (nSPS) is 35.8. The van der Waals surface area contributed by atoms with Crippen molar-refractivity contribution in [2.24, 2.45) is 0 Å². The number of hydrogen-bond acceptors (Lipinski definition) is 6. The number of benzene rings is 2. The van der Waals surface area contributed by atoms with Crippen LogP contribution in [0.4, 0.5) is 0 Å². The minimum atomic E-state index is -1.23. The molecular formula is C28H28N2O5. The van der Waals surface area contributed by atoms with Gasteiger partial charge in [0.1, 0.15) is 5.54 Å². The van der Waals surface area contributed by atoms with Crippen molar-refractivity contribution in [1.82, 2.24) is 9.96 Å². The van der Waals surface area contributed by atoms with E-state index in [9.17, 15) is 4.79 Å². The molecule has 0 N–H and O–H groups in total. The van der Waals surface area contributed by atoms with Gasteiger partial charge in [-0.2, -0.15) is 0 Å². The van der Waals surface area contributed by atoms with Gasteiger partial charge in [-0.3, -0.25) is 4.79 Å². The second-order valence-corrected chi connectivity index (χ2v) is 10.1. The molecule has 2 aromatic carbocycles. The first-order valence-corrected chi connectivity index (χ1v) is 12.1. The smallest absolute Gasteiger partial charge is 0.271 e. The van der Waals surface area contributed by atoms with Crippen LogP contribution in [0.2, 0.25) is 0 Å². The third-order valence-electron chi connectivity index (χ3n) is 8.83. The van der Waals surface area contributed by atoms with E-state index in [1.807, 2.05) is 48.6 Å². The maximum Gasteiger partial charge on any atom is 0.271 e. The summed E-state index contributed by atoms with van der Waals surface area (Å²) in [5.41, 5.74) is 2.08. The predicted octanol–water partition coefficient (Wildman–Crippen LogP) is 3.09. The lowest BCUT2D eigenvalue weighted by molar-refractivity contribution is -0.412. The Morgan fingerprint density at radius 2 is 1.97 bits per heavy atom. The average molecular weight is 473 g/mol. The monoisotopic (exact) mass is 472 g/mol. The molecule has 180 valence electrons. The summed E-state index contributed by atoms with van der Waals surface area (Å²) in [4.78, 5) is 22.8. The summed E-state index contributed by atoms with van der Waals surface area (Å²) < 4.78 is 18.5. The Kier molecular flexibility index (Phi) is 4.22. The van der Waals surface area contributed by atoms with Gasteiger partial charge < -0.3 is 19.1 Å². The van der Waals surface area contributed by atoms with E-state index in [1.54, 1.807) is 25.4 Å². The fourth-order valence-corrected chi connectivity index (χ4v) is 7.35. The van der Waals surface area contributed by atoms with E-state index in [4.69, 9.17) is 19.0 Å². The van der Waals surface area contributed by atoms with Crippen LogP contribution in [-0.4, -0.2) is 67.2 Å². The fraction of sp³-hybridized carbons (Fsp3) is 0.393. The molecule has 2 spiro atoms. The topological polar surface area (TPSA) is 60.5 Å². The highest BCUT2D eigenvalue weighted by molar-refractivity contribution is 5.93. The van der Waals surface area contributed by atoms with Crippen molar-refractivity contribution >= 4 is 12.0 Å². The number of likely N-dealkylation sites (N-methyl/N-ethyl adjacent to an activating group) is 1. The first kappa shape index (κ1) is 21.2. The molecule has 2 aromatic rings. The van der Waals surface area contributed by atoms with Crippen molar-refractivity contribution < 1.29 is 23.8 Å². The minimum absolute atomic E-state index is 0.0228. The van der Waals surface area contributed by atoms with E-state index in [2.05, 4.69) is 24.1 Å². The van der Waals surface area contributed by atoms with Crippen LogP contribution in [0.5, 0.6) is 11.5 Å². The first-order chi connectivity index (χ1) is 17.0. The van der Waals surface area contributed by atoms with Crippen LogP contribution < -0.4 is 9.47 Å². The maximum atomic E-state index is 13.9. The van der Waals surface area contributed by atoms with Crippen LogP contribution in [0.3, 0.4) is 0 Å². The molecule has 0 radical (unpaired) electrons. The molecule has 0 aromatic heterocycles. The van der Waals surface area contributed by atoms with Gasteiger partial charge in [0.15, 0.2) is 17.6 Å². The minimum Gasteiger partial charge on any atom is -0.493 e. The van der Waals surface area contributed by atoms with Crippen LogP contribution in [-0.2, 0) is 26.2 Å². The summed E-state index contributed by atoms with van der Waals surface area (Å²) in [7, 11) is 5.41. The number of carbonyl (C=O) groups is 1. The third-order valence-corrected chi connectivity index (χ3v) is 8.83. The lowest BCUT2D eigenvalue weighted by atomic mass is 9.47. The molecule has 2 saturated heterocycles. The molecule has 4 heterocycles. The van der Waals surface area contributed by atoms with E-state index in [0.717, 1.165) is 36.3 Å². The number of carbonyl (C=O) groups excluding carboxylic acids is 1. The molecule has 8 rings (SSSR count). The highest BCUT2D eigenvalue weighted by atomic mass is 16.8. The van der Waals surface area contributed by atoms with Crippen LogP contribution >= 0.6 is 0 Å². The van der Waals surface area contributed by atoms with Gasteiger partial charge in [0.25, 0.3) is 11.7 Å². The van der Waals surface area contributed by atoms with Gasteiger partial charge in [0.2, 0.25) is 0 Å². The van der Waals surface area contributed by atoms with Crippen molar-refractivity contribution in [2.45, 2.75) is 41.7 Å². The molecule has 4 aliphatic heterocycles. The van der Waals surface area contributed by atoms with Crippen LogP contribution in [0.15, 0.2) is 60.7 Å². The fourth-order valence-electron chi connectivity index (χ4n) is 7.35. The van der Waals surface area contributed by atoms with Crippen molar-refractivity contribution in [2.75, 3.05) is 27.8 Å². The van der Waals surface area contributed by atoms with Gasteiger partial charge in [-0.1, -0.05) is 42.5 Å². The zero-order valence-electron chi connectivity index (χ0n) is 20.1. The molecule has 1 amide bonds. The van der Waals surface area contributed by atoms with Crippen molar-refractivity contribution in [3.63, 3.8) is 0 Å². The summed E-state index contributed by atoms with van der Waals surface area (Å²) in [6.07, 6.45) is 8.69. The molecule has 7 nitrogen and oxygen atoms in total. The summed E-state index contributed by atoms with van der Waals surface area (Å²) in [6.45, 7) is 0.887. The van der Waals surface area contributed by atoms with E-state index < -0.39 is 22.8 Å². The molecule has 0 saturated carbocycles.